The Morgan fingerprint density at radius 1 is 0.868 bits per heavy atom. The van der Waals surface area contributed by atoms with E-state index in [4.69, 9.17) is 5.11 Å². The molecule has 4 nitrogen and oxygen atoms in total. The quantitative estimate of drug-likeness (QED) is 0.267. The number of carbonyl (C=O) groups is 2. The Labute approximate surface area is 226 Å². The van der Waals surface area contributed by atoms with Crippen molar-refractivity contribution in [3.8, 4) is 16.9 Å². The van der Waals surface area contributed by atoms with Crippen LogP contribution >= 0.6 is 0 Å². The molecule has 3 aromatic rings. The summed E-state index contributed by atoms with van der Waals surface area (Å²) in [7, 11) is 0. The van der Waals surface area contributed by atoms with Gasteiger partial charge in [0.05, 0.1) is 0 Å². The van der Waals surface area contributed by atoms with E-state index in [-0.39, 0.29) is 33.3 Å². The zero-order valence-electron chi connectivity index (χ0n) is 23.5. The maximum Gasteiger partial charge on any atom is 0.339 e. The number of carboxylic acids is 1. The minimum absolute atomic E-state index is 0.0241. The number of allylic oxidation sites excluding steroid dienone is 1. The van der Waals surface area contributed by atoms with E-state index in [0.29, 0.717) is 11.1 Å². The van der Waals surface area contributed by atoms with Crippen molar-refractivity contribution >= 4 is 17.8 Å². The average molecular weight is 511 g/mol. The van der Waals surface area contributed by atoms with Crippen LogP contribution in [-0.2, 0) is 16.2 Å². The second-order valence-electron chi connectivity index (χ2n) is 12.8. The van der Waals surface area contributed by atoms with Crippen LogP contribution in [-0.4, -0.2) is 22.0 Å². The molecular weight excluding hydrogens is 472 g/mol. The molecule has 2 N–H and O–H groups in total. The Balaban J connectivity index is 1.82. The Kier molecular flexibility index (Phi) is 6.90. The minimum Gasteiger partial charge on any atom is -0.507 e. The molecule has 0 spiro atoms. The molecule has 0 saturated carbocycles. The minimum atomic E-state index is -1.20. The number of aromatic carboxylic acids is 1. The van der Waals surface area contributed by atoms with Gasteiger partial charge in [0, 0.05) is 5.56 Å². The van der Waals surface area contributed by atoms with E-state index >= 15 is 0 Å². The van der Waals surface area contributed by atoms with Gasteiger partial charge in [-0.3, -0.25) is 4.79 Å². The summed E-state index contributed by atoms with van der Waals surface area (Å²) in [5.41, 5.74) is 6.96. The molecule has 0 amide bonds. The highest BCUT2D eigenvalue weighted by atomic mass is 16.4. The third-order valence-electron chi connectivity index (χ3n) is 7.95. The first-order valence-electron chi connectivity index (χ1n) is 13.2. The third kappa shape index (κ3) is 5.31. The highest BCUT2D eigenvalue weighted by molar-refractivity contribution is 6.08. The maximum absolute atomic E-state index is 13.5. The lowest BCUT2D eigenvalue weighted by Gasteiger charge is -2.43. The van der Waals surface area contributed by atoms with Crippen LogP contribution in [0, 0.1) is 0 Å². The molecule has 0 radical (unpaired) electrons. The summed E-state index contributed by atoms with van der Waals surface area (Å²) in [5.74, 6) is -1.66. The lowest BCUT2D eigenvalue weighted by Crippen LogP contribution is -2.34. The van der Waals surface area contributed by atoms with Crippen molar-refractivity contribution in [2.45, 2.75) is 77.6 Å². The number of hydrogen-bond donors (Lipinski definition) is 2. The maximum atomic E-state index is 13.5. The molecule has 0 aliphatic heterocycles. The number of phenols is 1. The van der Waals surface area contributed by atoms with Crippen LogP contribution in [0.2, 0.25) is 0 Å². The number of hydrogen-bond acceptors (Lipinski definition) is 3. The molecule has 1 aliphatic rings. The molecule has 198 valence electrons. The molecule has 0 fully saturated rings. The molecule has 0 heterocycles. The van der Waals surface area contributed by atoms with Crippen LogP contribution in [0.15, 0.2) is 60.7 Å². The summed E-state index contributed by atoms with van der Waals surface area (Å²) < 4.78 is 0. The first-order valence-corrected chi connectivity index (χ1v) is 13.2. The Bertz CT molecular complexity index is 1430. The summed E-state index contributed by atoms with van der Waals surface area (Å²) in [4.78, 5) is 24.6. The average Bonchev–Trinajstić information content (AvgIpc) is 2.84. The molecule has 38 heavy (non-hydrogen) atoms. The number of fused-ring (bicyclic) bond motifs is 1. The van der Waals surface area contributed by atoms with Gasteiger partial charge in [0.1, 0.15) is 11.3 Å². The van der Waals surface area contributed by atoms with Gasteiger partial charge in [0.2, 0.25) is 0 Å². The van der Waals surface area contributed by atoms with E-state index in [1.165, 1.54) is 34.9 Å². The summed E-state index contributed by atoms with van der Waals surface area (Å²) >= 11 is 0. The molecule has 0 unspecified atom stereocenters. The van der Waals surface area contributed by atoms with Crippen molar-refractivity contribution < 1.29 is 19.8 Å². The second kappa shape index (κ2) is 9.58. The fourth-order valence-electron chi connectivity index (χ4n) is 5.41. The Morgan fingerprint density at radius 2 is 1.50 bits per heavy atom. The van der Waals surface area contributed by atoms with E-state index in [1.807, 2.05) is 6.07 Å². The highest BCUT2D eigenvalue weighted by Crippen LogP contribution is 2.50. The van der Waals surface area contributed by atoms with Gasteiger partial charge in [-0.25, -0.2) is 4.79 Å². The molecular formula is C34H38O4. The highest BCUT2D eigenvalue weighted by Gasteiger charge is 2.39. The van der Waals surface area contributed by atoms with Gasteiger partial charge >= 0.3 is 5.97 Å². The predicted molar refractivity (Wildman–Crippen MR) is 154 cm³/mol. The van der Waals surface area contributed by atoms with Crippen LogP contribution in [0.4, 0.5) is 0 Å². The molecule has 1 aliphatic carbocycles. The lowest BCUT2D eigenvalue weighted by atomic mass is 9.61. The molecule has 4 rings (SSSR count). The van der Waals surface area contributed by atoms with E-state index in [0.717, 1.165) is 24.0 Å². The van der Waals surface area contributed by atoms with Crippen LogP contribution in [0.5, 0.6) is 5.75 Å². The normalized spacial score (nSPS) is 16.3. The van der Waals surface area contributed by atoms with Crippen LogP contribution in [0.25, 0.3) is 17.2 Å². The number of ketones is 1. The first kappa shape index (κ1) is 27.4. The fraction of sp³-hybridized carbons (Fsp3) is 0.353. The molecule has 0 saturated heterocycles. The van der Waals surface area contributed by atoms with Gasteiger partial charge in [0.15, 0.2) is 5.78 Å². The molecule has 4 heteroatoms. The van der Waals surface area contributed by atoms with Crippen molar-refractivity contribution in [3.63, 3.8) is 0 Å². The van der Waals surface area contributed by atoms with Gasteiger partial charge in [-0.15, -0.1) is 0 Å². The van der Waals surface area contributed by atoms with Crippen LogP contribution in [0.1, 0.15) is 104 Å². The van der Waals surface area contributed by atoms with E-state index in [1.54, 1.807) is 12.1 Å². The topological polar surface area (TPSA) is 74.6 Å². The number of benzene rings is 3. The SMILES string of the molecule is CC(C)(C)c1ccc(-c2cc(C(=O)/C=C/c3ccc(C(=O)O)c(O)c3)cc3c2C(C)(C)CCC3(C)C)cc1. The van der Waals surface area contributed by atoms with E-state index in [9.17, 15) is 14.7 Å². The van der Waals surface area contributed by atoms with Crippen molar-refractivity contribution in [2.24, 2.45) is 0 Å². The van der Waals surface area contributed by atoms with E-state index < -0.39 is 5.97 Å². The first-order chi connectivity index (χ1) is 17.6. The van der Waals surface area contributed by atoms with Crippen molar-refractivity contribution in [1.29, 1.82) is 0 Å². The number of carboxylic acid groups (broad SMARTS) is 1. The zero-order valence-corrected chi connectivity index (χ0v) is 23.5. The number of aromatic hydroxyl groups is 1. The Morgan fingerprint density at radius 3 is 2.08 bits per heavy atom. The Hall–Kier alpha value is -3.66. The van der Waals surface area contributed by atoms with Crippen LogP contribution < -0.4 is 0 Å². The number of rotatable bonds is 5. The third-order valence-corrected chi connectivity index (χ3v) is 7.95. The van der Waals surface area contributed by atoms with Crippen molar-refractivity contribution in [2.75, 3.05) is 0 Å². The largest absolute Gasteiger partial charge is 0.507 e. The summed E-state index contributed by atoms with van der Waals surface area (Å²) in [6.45, 7) is 15.7. The van der Waals surface area contributed by atoms with E-state index in [2.05, 4.69) is 78.8 Å². The van der Waals surface area contributed by atoms with Crippen molar-refractivity contribution in [1.82, 2.24) is 0 Å². The van der Waals surface area contributed by atoms with Gasteiger partial charge in [-0.2, -0.15) is 0 Å². The second-order valence-corrected chi connectivity index (χ2v) is 12.8. The van der Waals surface area contributed by atoms with Crippen LogP contribution in [0.3, 0.4) is 0 Å². The smallest absolute Gasteiger partial charge is 0.339 e. The summed E-state index contributed by atoms with van der Waals surface area (Å²) in [6.07, 6.45) is 5.21. The zero-order chi connectivity index (χ0) is 28.0. The van der Waals surface area contributed by atoms with Gasteiger partial charge in [-0.1, -0.05) is 84.9 Å². The fourth-order valence-corrected chi connectivity index (χ4v) is 5.41. The van der Waals surface area contributed by atoms with Crippen molar-refractivity contribution in [3.05, 3.63) is 94.1 Å². The van der Waals surface area contributed by atoms with Gasteiger partial charge in [0.25, 0.3) is 0 Å². The summed E-state index contributed by atoms with van der Waals surface area (Å²) in [5, 5.41) is 19.2. The van der Waals surface area contributed by atoms with Gasteiger partial charge < -0.3 is 10.2 Å². The molecule has 0 aromatic heterocycles. The molecule has 3 aromatic carbocycles. The monoisotopic (exact) mass is 510 g/mol. The molecule has 0 bridgehead atoms. The standard InChI is InChI=1S/C34H38O4/c1-32(2,3)24-12-10-22(11-13-24)26-19-23(20-27-30(26)34(6,7)17-16-33(27,4)5)28(35)15-9-21-8-14-25(31(37)38)29(36)18-21/h8-15,18-20,36H,16-17H2,1-7H3,(H,37,38)/b15-9+. The summed E-state index contributed by atoms with van der Waals surface area (Å²) in [6, 6.07) is 17.1. The molecule has 0 atom stereocenters. The number of carbonyl (C=O) groups excluding carboxylic acids is 1. The predicted octanol–water partition coefficient (Wildman–Crippen LogP) is 8.30. The lowest BCUT2D eigenvalue weighted by molar-refractivity contribution is 0.0693. The van der Waals surface area contributed by atoms with Gasteiger partial charge in [-0.05, 0) is 92.8 Å².